The number of aromatic nitrogens is 2. The van der Waals surface area contributed by atoms with E-state index in [2.05, 4.69) is 10.0 Å². The van der Waals surface area contributed by atoms with Gasteiger partial charge >= 0.3 is 5.69 Å². The third kappa shape index (κ3) is 5.63. The van der Waals surface area contributed by atoms with Crippen LogP contribution in [0.2, 0.25) is 0 Å². The lowest BCUT2D eigenvalue weighted by Crippen LogP contribution is -2.48. The zero-order valence-corrected chi connectivity index (χ0v) is 20.6. The van der Waals surface area contributed by atoms with Crippen LogP contribution in [0, 0.1) is 5.92 Å². The Bertz CT molecular complexity index is 1410. The van der Waals surface area contributed by atoms with Crippen molar-refractivity contribution in [3.63, 3.8) is 0 Å². The number of fused-ring (bicyclic) bond motifs is 1. The molecule has 0 saturated carbocycles. The fourth-order valence-corrected chi connectivity index (χ4v) is 4.86. The van der Waals surface area contributed by atoms with Crippen LogP contribution in [0.1, 0.15) is 25.8 Å². The van der Waals surface area contributed by atoms with Gasteiger partial charge in [0.15, 0.2) is 0 Å². The average molecular weight is 487 g/mol. The number of sulfonamides is 1. The van der Waals surface area contributed by atoms with Crippen LogP contribution in [0.3, 0.4) is 0 Å². The summed E-state index contributed by atoms with van der Waals surface area (Å²) in [6.07, 6.45) is 0.931. The molecular weight excluding hydrogens is 456 g/mol. The SMILES string of the molecule is CC(C)CCNC(=O)[C@H](Cc1ccccc1)NS(=O)(=O)c1ccc2c(c1)c(=O)n(C)c(=O)n2C. The van der Waals surface area contributed by atoms with Crippen molar-refractivity contribution in [2.75, 3.05) is 6.54 Å². The van der Waals surface area contributed by atoms with Crippen LogP contribution in [0.5, 0.6) is 0 Å². The molecule has 0 radical (unpaired) electrons. The maximum atomic E-state index is 13.2. The lowest BCUT2D eigenvalue weighted by Gasteiger charge is -2.19. The van der Waals surface area contributed by atoms with E-state index < -0.39 is 33.2 Å². The summed E-state index contributed by atoms with van der Waals surface area (Å²) in [4.78, 5) is 37.5. The van der Waals surface area contributed by atoms with E-state index in [0.717, 1.165) is 16.6 Å². The number of aryl methyl sites for hydroxylation is 1. The summed E-state index contributed by atoms with van der Waals surface area (Å²) >= 11 is 0. The van der Waals surface area contributed by atoms with Crippen LogP contribution >= 0.6 is 0 Å². The van der Waals surface area contributed by atoms with Crippen molar-refractivity contribution in [2.45, 2.75) is 37.6 Å². The number of hydrogen-bond acceptors (Lipinski definition) is 5. The first-order valence-corrected chi connectivity index (χ1v) is 12.5. The van der Waals surface area contributed by atoms with Crippen molar-refractivity contribution in [2.24, 2.45) is 20.0 Å². The van der Waals surface area contributed by atoms with E-state index in [4.69, 9.17) is 0 Å². The van der Waals surface area contributed by atoms with Crippen molar-refractivity contribution in [1.82, 2.24) is 19.2 Å². The lowest BCUT2D eigenvalue weighted by molar-refractivity contribution is -0.122. The normalized spacial score (nSPS) is 12.7. The third-order valence-electron chi connectivity index (χ3n) is 5.67. The highest BCUT2D eigenvalue weighted by molar-refractivity contribution is 7.89. The molecule has 0 aliphatic heterocycles. The number of carbonyl (C=O) groups excluding carboxylic acids is 1. The number of nitrogens with zero attached hydrogens (tertiary/aromatic N) is 2. The molecule has 3 rings (SSSR count). The van der Waals surface area contributed by atoms with E-state index in [0.29, 0.717) is 18.0 Å². The van der Waals surface area contributed by atoms with E-state index >= 15 is 0 Å². The largest absolute Gasteiger partial charge is 0.355 e. The molecule has 0 aliphatic rings. The number of nitrogens with one attached hydrogen (secondary N) is 2. The molecule has 34 heavy (non-hydrogen) atoms. The second-order valence-electron chi connectivity index (χ2n) is 8.72. The van der Waals surface area contributed by atoms with Gasteiger partial charge in [0.05, 0.1) is 15.8 Å². The van der Waals surface area contributed by atoms with Crippen LogP contribution < -0.4 is 21.3 Å². The van der Waals surface area contributed by atoms with Gasteiger partial charge in [-0.3, -0.25) is 18.7 Å². The Kier molecular flexibility index (Phi) is 7.73. The average Bonchev–Trinajstić information content (AvgIpc) is 2.80. The first-order valence-electron chi connectivity index (χ1n) is 11.0. The molecule has 0 spiro atoms. The Balaban J connectivity index is 1.95. The second-order valence-corrected chi connectivity index (χ2v) is 10.4. The molecular formula is C24H30N4O5S. The van der Waals surface area contributed by atoms with Crippen LogP contribution in [0.4, 0.5) is 0 Å². The van der Waals surface area contributed by atoms with E-state index in [1.165, 1.54) is 36.9 Å². The van der Waals surface area contributed by atoms with Crippen molar-refractivity contribution in [3.05, 3.63) is 74.9 Å². The predicted octanol–water partition coefficient (Wildman–Crippen LogP) is 1.29. The zero-order chi connectivity index (χ0) is 25.0. The van der Waals surface area contributed by atoms with Crippen LogP contribution in [0.25, 0.3) is 10.9 Å². The number of carbonyl (C=O) groups is 1. The van der Waals surface area contributed by atoms with E-state index in [1.807, 2.05) is 44.2 Å². The first-order chi connectivity index (χ1) is 16.0. The highest BCUT2D eigenvalue weighted by Crippen LogP contribution is 2.16. The molecule has 0 bridgehead atoms. The molecule has 1 amide bonds. The molecule has 182 valence electrons. The number of benzene rings is 2. The monoisotopic (exact) mass is 486 g/mol. The summed E-state index contributed by atoms with van der Waals surface area (Å²) in [6.45, 7) is 4.51. The Morgan fingerprint density at radius 3 is 2.32 bits per heavy atom. The molecule has 1 heterocycles. The zero-order valence-electron chi connectivity index (χ0n) is 19.7. The molecule has 3 aromatic rings. The molecule has 1 atom stereocenters. The summed E-state index contributed by atoms with van der Waals surface area (Å²) in [6, 6.07) is 12.1. The smallest absolute Gasteiger partial charge is 0.330 e. The Labute approximate surface area is 198 Å². The maximum Gasteiger partial charge on any atom is 0.330 e. The third-order valence-corrected chi connectivity index (χ3v) is 7.14. The van der Waals surface area contributed by atoms with Crippen LogP contribution in [-0.2, 0) is 35.3 Å². The number of amides is 1. The molecule has 2 aromatic carbocycles. The summed E-state index contributed by atoms with van der Waals surface area (Å²) in [5.74, 6) is -0.0343. The Morgan fingerprint density at radius 1 is 1.00 bits per heavy atom. The molecule has 0 fully saturated rings. The van der Waals surface area contributed by atoms with Gasteiger partial charge in [-0.05, 0) is 42.5 Å². The van der Waals surface area contributed by atoms with Gasteiger partial charge < -0.3 is 5.32 Å². The molecule has 10 heteroatoms. The van der Waals surface area contributed by atoms with Gasteiger partial charge in [-0.2, -0.15) is 4.72 Å². The molecule has 9 nitrogen and oxygen atoms in total. The minimum Gasteiger partial charge on any atom is -0.355 e. The van der Waals surface area contributed by atoms with Gasteiger partial charge in [0, 0.05) is 20.6 Å². The quantitative estimate of drug-likeness (QED) is 0.472. The maximum absolute atomic E-state index is 13.2. The molecule has 1 aromatic heterocycles. The minimum atomic E-state index is -4.16. The van der Waals surface area contributed by atoms with Crippen molar-refractivity contribution >= 4 is 26.8 Å². The van der Waals surface area contributed by atoms with E-state index in [-0.39, 0.29) is 16.7 Å². The standard InChI is InChI=1S/C24H30N4O5S/c1-16(2)12-13-25-22(29)20(14-17-8-6-5-7-9-17)26-34(32,33)18-10-11-21-19(15-18)23(30)28(4)24(31)27(21)3/h5-11,15-16,20,26H,12-14H2,1-4H3,(H,25,29)/t20-/m0/s1. The van der Waals surface area contributed by atoms with E-state index in [1.54, 1.807) is 0 Å². The van der Waals surface area contributed by atoms with Gasteiger partial charge in [0.2, 0.25) is 15.9 Å². The van der Waals surface area contributed by atoms with Crippen LogP contribution in [0.15, 0.2) is 63.0 Å². The highest BCUT2D eigenvalue weighted by Gasteiger charge is 2.26. The lowest BCUT2D eigenvalue weighted by atomic mass is 10.1. The number of hydrogen-bond donors (Lipinski definition) is 2. The summed E-state index contributed by atoms with van der Waals surface area (Å²) in [5, 5.41) is 2.90. The van der Waals surface area contributed by atoms with Crippen LogP contribution in [-0.4, -0.2) is 36.0 Å². The van der Waals surface area contributed by atoms with Gasteiger partial charge in [0.1, 0.15) is 6.04 Å². The summed E-state index contributed by atoms with van der Waals surface area (Å²) < 4.78 is 31.2. The molecule has 2 N–H and O–H groups in total. The highest BCUT2D eigenvalue weighted by atomic mass is 32.2. The van der Waals surface area contributed by atoms with Gasteiger partial charge in [-0.25, -0.2) is 13.2 Å². The summed E-state index contributed by atoms with van der Waals surface area (Å²) in [5.41, 5.74) is 0.0190. The topological polar surface area (TPSA) is 119 Å². The minimum absolute atomic E-state index is 0.0912. The Hall–Kier alpha value is -3.24. The predicted molar refractivity (Wildman–Crippen MR) is 131 cm³/mol. The number of rotatable bonds is 9. The van der Waals surface area contributed by atoms with Gasteiger partial charge in [0.25, 0.3) is 5.56 Å². The fraction of sp³-hybridized carbons (Fsp3) is 0.375. The van der Waals surface area contributed by atoms with Crippen molar-refractivity contribution in [1.29, 1.82) is 0 Å². The second kappa shape index (κ2) is 10.4. The van der Waals surface area contributed by atoms with Crippen molar-refractivity contribution < 1.29 is 13.2 Å². The van der Waals surface area contributed by atoms with Crippen molar-refractivity contribution in [3.8, 4) is 0 Å². The molecule has 0 saturated heterocycles. The van der Waals surface area contributed by atoms with Gasteiger partial charge in [-0.1, -0.05) is 44.2 Å². The Morgan fingerprint density at radius 2 is 1.68 bits per heavy atom. The van der Waals surface area contributed by atoms with Gasteiger partial charge in [-0.15, -0.1) is 0 Å². The molecule has 0 aliphatic carbocycles. The van der Waals surface area contributed by atoms with E-state index in [9.17, 15) is 22.8 Å². The first kappa shape index (κ1) is 25.4. The summed E-state index contributed by atoms with van der Waals surface area (Å²) in [7, 11) is -1.31. The molecule has 0 unspecified atom stereocenters. The fourth-order valence-electron chi connectivity index (χ4n) is 3.64.